The van der Waals surface area contributed by atoms with E-state index in [1.165, 1.54) is 6.07 Å². The highest BCUT2D eigenvalue weighted by molar-refractivity contribution is 6.30. The number of nitrogens with one attached hydrogen (secondary N) is 1. The van der Waals surface area contributed by atoms with Crippen LogP contribution in [0.4, 0.5) is 18.0 Å². The van der Waals surface area contributed by atoms with Crippen LogP contribution in [0.1, 0.15) is 25.3 Å². The molecule has 1 aromatic rings. The van der Waals surface area contributed by atoms with E-state index in [9.17, 15) is 22.8 Å². The van der Waals surface area contributed by atoms with Crippen LogP contribution in [-0.4, -0.2) is 79.5 Å². The van der Waals surface area contributed by atoms with Crippen molar-refractivity contribution in [1.29, 1.82) is 0 Å². The van der Waals surface area contributed by atoms with Crippen molar-refractivity contribution in [1.82, 2.24) is 15.1 Å². The van der Waals surface area contributed by atoms with Gasteiger partial charge in [0.15, 0.2) is 6.61 Å². The molecule has 1 N–H and O–H groups in total. The lowest BCUT2D eigenvalue weighted by molar-refractivity contribution is -0.153. The maximum absolute atomic E-state index is 13.1. The second-order valence-electron chi connectivity index (χ2n) is 8.85. The minimum absolute atomic E-state index is 0.0472. The van der Waals surface area contributed by atoms with Crippen molar-refractivity contribution in [3.63, 3.8) is 0 Å². The van der Waals surface area contributed by atoms with Crippen LogP contribution >= 0.6 is 11.6 Å². The van der Waals surface area contributed by atoms with Crippen molar-refractivity contribution in [3.8, 4) is 5.75 Å². The zero-order chi connectivity index (χ0) is 23.1. The molecule has 0 saturated carbocycles. The number of piperidine rings is 1. The predicted octanol–water partition coefficient (Wildman–Crippen LogP) is 2.95. The molecule has 0 spiro atoms. The van der Waals surface area contributed by atoms with E-state index in [0.717, 1.165) is 5.56 Å². The van der Waals surface area contributed by atoms with Crippen molar-refractivity contribution >= 4 is 23.5 Å². The van der Waals surface area contributed by atoms with Gasteiger partial charge in [-0.05, 0) is 36.6 Å². The zero-order valence-electron chi connectivity index (χ0n) is 17.6. The van der Waals surface area contributed by atoms with Gasteiger partial charge in [0.1, 0.15) is 12.4 Å². The number of alkyl halides is 3. The summed E-state index contributed by atoms with van der Waals surface area (Å²) in [6, 6.07) is 4.28. The quantitative estimate of drug-likeness (QED) is 0.729. The van der Waals surface area contributed by atoms with Crippen molar-refractivity contribution in [2.45, 2.75) is 43.5 Å². The zero-order valence-corrected chi connectivity index (χ0v) is 18.3. The minimum atomic E-state index is -4.45. The lowest BCUT2D eigenvalue weighted by Crippen LogP contribution is -2.62. The lowest BCUT2D eigenvalue weighted by atomic mass is 9.82. The third kappa shape index (κ3) is 5.06. The van der Waals surface area contributed by atoms with Crippen LogP contribution < -0.4 is 10.1 Å². The molecule has 3 aliphatic rings. The first kappa shape index (κ1) is 23.0. The molecule has 1 aromatic carbocycles. The Morgan fingerprint density at radius 1 is 1.31 bits per heavy atom. The number of nitrogens with zero attached hydrogens (tertiary/aromatic N) is 2. The molecule has 176 valence electrons. The second kappa shape index (κ2) is 8.62. The average Bonchev–Trinajstić information content (AvgIpc) is 3.14. The van der Waals surface area contributed by atoms with E-state index in [2.05, 4.69) is 5.32 Å². The summed E-state index contributed by atoms with van der Waals surface area (Å²) in [5, 5.41) is 3.16. The number of carbonyl (C=O) groups is 2. The van der Waals surface area contributed by atoms with Crippen LogP contribution in [0.15, 0.2) is 18.2 Å². The Morgan fingerprint density at radius 2 is 2.09 bits per heavy atom. The van der Waals surface area contributed by atoms with Gasteiger partial charge in [-0.3, -0.25) is 4.79 Å². The molecule has 3 amide bonds. The normalized spacial score (nSPS) is 28.3. The molecule has 3 heterocycles. The molecule has 32 heavy (non-hydrogen) atoms. The molecular formula is C21H25ClF3N3O4. The number of benzene rings is 1. The molecule has 0 aromatic heterocycles. The Bertz CT molecular complexity index is 900. The highest BCUT2D eigenvalue weighted by Crippen LogP contribution is 2.38. The fourth-order valence-corrected chi connectivity index (χ4v) is 4.82. The first-order valence-electron chi connectivity index (χ1n) is 10.5. The van der Waals surface area contributed by atoms with Gasteiger partial charge in [0.2, 0.25) is 5.91 Å². The Hall–Kier alpha value is -2.20. The maximum atomic E-state index is 13.1. The summed E-state index contributed by atoms with van der Waals surface area (Å²) in [7, 11) is 0. The fourth-order valence-electron chi connectivity index (χ4n) is 4.59. The standard InChI is InChI=1S/C21H25ClF3N3O4/c1-20(13-6-14(22)8-15(7-13)32-12-21(23,24)25)3-5-28(11-20)19(30)27-4-2-17-16(9-27)26-18(29)10-31-17/h6-8,16-17H,2-5,9-12H2,1H3,(H,26,29)/t16-,17+,20?/m1/s1. The number of fused-ring (bicyclic) bond motifs is 1. The summed E-state index contributed by atoms with van der Waals surface area (Å²) < 4.78 is 48.0. The van der Waals surface area contributed by atoms with E-state index >= 15 is 0 Å². The number of hydrogen-bond acceptors (Lipinski definition) is 4. The minimum Gasteiger partial charge on any atom is -0.484 e. The smallest absolute Gasteiger partial charge is 0.422 e. The molecular weight excluding hydrogens is 451 g/mol. The molecule has 0 radical (unpaired) electrons. The molecule has 3 atom stereocenters. The summed E-state index contributed by atoms with van der Waals surface area (Å²) in [6.07, 6.45) is -3.24. The highest BCUT2D eigenvalue weighted by atomic mass is 35.5. The van der Waals surface area contributed by atoms with Crippen LogP contribution in [0.5, 0.6) is 5.75 Å². The molecule has 0 aliphatic carbocycles. The molecule has 4 rings (SSSR count). The molecule has 7 nitrogen and oxygen atoms in total. The number of rotatable bonds is 3. The van der Waals surface area contributed by atoms with E-state index in [0.29, 0.717) is 39.0 Å². The summed E-state index contributed by atoms with van der Waals surface area (Å²) in [5.74, 6) is -0.135. The summed E-state index contributed by atoms with van der Waals surface area (Å²) in [5.41, 5.74) is 0.251. The predicted molar refractivity (Wildman–Crippen MR) is 110 cm³/mol. The summed E-state index contributed by atoms with van der Waals surface area (Å²) >= 11 is 6.14. The van der Waals surface area contributed by atoms with Crippen molar-refractivity contribution in [3.05, 3.63) is 28.8 Å². The number of ether oxygens (including phenoxy) is 2. The molecule has 3 aliphatic heterocycles. The van der Waals surface area contributed by atoms with Crippen LogP contribution in [0.25, 0.3) is 0 Å². The van der Waals surface area contributed by atoms with Crippen LogP contribution in [0, 0.1) is 0 Å². The lowest BCUT2D eigenvalue weighted by Gasteiger charge is -2.42. The van der Waals surface area contributed by atoms with Gasteiger partial charge < -0.3 is 24.6 Å². The summed E-state index contributed by atoms with van der Waals surface area (Å²) in [4.78, 5) is 28.2. The third-order valence-electron chi connectivity index (χ3n) is 6.31. The van der Waals surface area contributed by atoms with Gasteiger partial charge >= 0.3 is 12.2 Å². The highest BCUT2D eigenvalue weighted by Gasteiger charge is 2.42. The monoisotopic (exact) mass is 475 g/mol. The van der Waals surface area contributed by atoms with Crippen LogP contribution in [0.3, 0.4) is 0 Å². The van der Waals surface area contributed by atoms with Crippen molar-refractivity contribution < 1.29 is 32.2 Å². The van der Waals surface area contributed by atoms with Gasteiger partial charge in [0, 0.05) is 36.6 Å². The molecule has 3 fully saturated rings. The van der Waals surface area contributed by atoms with Crippen LogP contribution in [0.2, 0.25) is 5.02 Å². The average molecular weight is 476 g/mol. The van der Waals surface area contributed by atoms with E-state index in [-0.39, 0.29) is 41.5 Å². The Kier molecular flexibility index (Phi) is 6.19. The topological polar surface area (TPSA) is 71.1 Å². The van der Waals surface area contributed by atoms with Gasteiger partial charge in [-0.25, -0.2) is 4.79 Å². The molecule has 1 unspecified atom stereocenters. The number of hydrogen-bond donors (Lipinski definition) is 1. The van der Waals surface area contributed by atoms with E-state index in [1.54, 1.807) is 21.9 Å². The molecule has 3 saturated heterocycles. The van der Waals surface area contributed by atoms with Gasteiger partial charge in [-0.15, -0.1) is 0 Å². The van der Waals surface area contributed by atoms with Gasteiger partial charge in [-0.2, -0.15) is 13.2 Å². The van der Waals surface area contributed by atoms with Crippen LogP contribution in [-0.2, 0) is 14.9 Å². The maximum Gasteiger partial charge on any atom is 0.422 e. The second-order valence-corrected chi connectivity index (χ2v) is 9.29. The number of halogens is 4. The Balaban J connectivity index is 1.42. The van der Waals surface area contributed by atoms with Gasteiger partial charge in [-0.1, -0.05) is 18.5 Å². The van der Waals surface area contributed by atoms with E-state index < -0.39 is 18.2 Å². The first-order chi connectivity index (χ1) is 15.0. The van der Waals surface area contributed by atoms with Gasteiger partial charge in [0.05, 0.1) is 12.1 Å². The fraction of sp³-hybridized carbons (Fsp3) is 0.619. The SMILES string of the molecule is CC1(c2cc(Cl)cc(OCC(F)(F)F)c2)CCN(C(=O)N2CC[C@@H]3OCC(=O)N[C@@H]3C2)C1. The largest absolute Gasteiger partial charge is 0.484 e. The van der Waals surface area contributed by atoms with Crippen molar-refractivity contribution in [2.75, 3.05) is 39.4 Å². The van der Waals surface area contributed by atoms with Crippen molar-refractivity contribution in [2.24, 2.45) is 0 Å². The molecule has 0 bridgehead atoms. The number of amides is 3. The van der Waals surface area contributed by atoms with E-state index in [4.69, 9.17) is 21.1 Å². The molecule has 11 heteroatoms. The first-order valence-corrected chi connectivity index (χ1v) is 10.9. The van der Waals surface area contributed by atoms with Gasteiger partial charge in [0.25, 0.3) is 0 Å². The third-order valence-corrected chi connectivity index (χ3v) is 6.53. The van der Waals surface area contributed by atoms with E-state index in [1.807, 2.05) is 6.92 Å². The number of likely N-dealkylation sites (tertiary alicyclic amines) is 2. The number of urea groups is 1. The Morgan fingerprint density at radius 3 is 2.84 bits per heavy atom. The number of carbonyl (C=O) groups excluding carboxylic acids is 2. The summed E-state index contributed by atoms with van der Waals surface area (Å²) in [6.45, 7) is 2.44. The number of morpholine rings is 1. The Labute approximate surface area is 188 Å².